The van der Waals surface area contributed by atoms with Crippen molar-refractivity contribution in [2.45, 2.75) is 13.3 Å². The van der Waals surface area contributed by atoms with E-state index in [0.717, 1.165) is 5.75 Å². The van der Waals surface area contributed by atoms with E-state index in [1.807, 2.05) is 31.2 Å². The lowest BCUT2D eigenvalue weighted by Gasteiger charge is -2.16. The molecule has 0 radical (unpaired) electrons. The van der Waals surface area contributed by atoms with Gasteiger partial charge in [-0.3, -0.25) is 9.59 Å². The molecule has 0 aliphatic carbocycles. The van der Waals surface area contributed by atoms with E-state index in [1.165, 1.54) is 10.5 Å². The minimum absolute atomic E-state index is 0.377. The van der Waals surface area contributed by atoms with Crippen molar-refractivity contribution in [2.75, 3.05) is 18.1 Å². The highest BCUT2D eigenvalue weighted by Crippen LogP contribution is 2.31. The molecule has 23 heavy (non-hydrogen) atoms. The summed E-state index contributed by atoms with van der Waals surface area (Å²) in [5.74, 6) is -0.203. The number of amides is 1. The van der Waals surface area contributed by atoms with Gasteiger partial charge in [-0.2, -0.15) is 0 Å². The van der Waals surface area contributed by atoms with Crippen molar-refractivity contribution in [2.24, 2.45) is 0 Å². The molecule has 0 atom stereocenters. The molecule has 0 saturated heterocycles. The molecule has 0 aromatic heterocycles. The summed E-state index contributed by atoms with van der Waals surface area (Å²) < 4.78 is 5.65. The van der Waals surface area contributed by atoms with Gasteiger partial charge >= 0.3 is 0 Å². The minimum Gasteiger partial charge on any atom is -0.494 e. The van der Waals surface area contributed by atoms with Crippen LogP contribution >= 0.6 is 11.6 Å². The van der Waals surface area contributed by atoms with Crippen molar-refractivity contribution in [1.29, 1.82) is 0 Å². The molecule has 1 heterocycles. The molecule has 2 aromatic rings. The molecule has 0 bridgehead atoms. The van der Waals surface area contributed by atoms with Crippen LogP contribution in [0.2, 0.25) is 5.02 Å². The normalized spacial score (nSPS) is 13.4. The molecule has 3 rings (SSSR count). The van der Waals surface area contributed by atoms with Crippen molar-refractivity contribution in [3.05, 3.63) is 58.6 Å². The standard InChI is InChI=1S/C18H16ClNO3/c1-12-3-6-14(7-4-12)23-10-2-9-20-16-8-5-13(19)11-15(16)17(21)18(20)22/h3-8,11H,2,9-10H2,1H3. The Morgan fingerprint density at radius 1 is 1.09 bits per heavy atom. The van der Waals surface area contributed by atoms with Crippen LogP contribution in [-0.2, 0) is 4.79 Å². The third-order valence-electron chi connectivity index (χ3n) is 3.75. The molecule has 5 heteroatoms. The number of hydrogen-bond donors (Lipinski definition) is 0. The first kappa shape index (κ1) is 15.6. The molecule has 1 amide bonds. The lowest BCUT2D eigenvalue weighted by Crippen LogP contribution is -2.31. The molecule has 0 fully saturated rings. The molecule has 0 saturated carbocycles. The first-order chi connectivity index (χ1) is 11.1. The average Bonchev–Trinajstić information content (AvgIpc) is 2.77. The van der Waals surface area contributed by atoms with E-state index in [2.05, 4.69) is 0 Å². The summed E-state index contributed by atoms with van der Waals surface area (Å²) in [7, 11) is 0. The zero-order valence-electron chi connectivity index (χ0n) is 12.7. The number of ketones is 1. The van der Waals surface area contributed by atoms with Gasteiger partial charge in [0.05, 0.1) is 17.9 Å². The first-order valence-electron chi connectivity index (χ1n) is 7.41. The molecular formula is C18H16ClNO3. The van der Waals surface area contributed by atoms with Crippen molar-refractivity contribution < 1.29 is 14.3 Å². The summed E-state index contributed by atoms with van der Waals surface area (Å²) in [6, 6.07) is 12.7. The van der Waals surface area contributed by atoms with E-state index in [1.54, 1.807) is 18.2 Å². The Morgan fingerprint density at radius 3 is 2.57 bits per heavy atom. The number of benzene rings is 2. The minimum atomic E-state index is -0.502. The predicted molar refractivity (Wildman–Crippen MR) is 89.4 cm³/mol. The number of halogens is 1. The van der Waals surface area contributed by atoms with Crippen LogP contribution in [0.1, 0.15) is 22.3 Å². The number of Topliss-reactive ketones (excluding diaryl/α,β-unsaturated/α-hetero) is 1. The van der Waals surface area contributed by atoms with E-state index >= 15 is 0 Å². The van der Waals surface area contributed by atoms with Crippen LogP contribution in [0, 0.1) is 6.92 Å². The quantitative estimate of drug-likeness (QED) is 0.621. The van der Waals surface area contributed by atoms with Gasteiger partial charge in [0, 0.05) is 11.6 Å². The topological polar surface area (TPSA) is 46.6 Å². The van der Waals surface area contributed by atoms with Crippen molar-refractivity contribution >= 4 is 29.0 Å². The molecule has 1 aliphatic heterocycles. The molecule has 1 aliphatic rings. The highest BCUT2D eigenvalue weighted by Gasteiger charge is 2.35. The number of hydrogen-bond acceptors (Lipinski definition) is 3. The summed E-state index contributed by atoms with van der Waals surface area (Å²) in [5, 5.41) is 0.453. The largest absolute Gasteiger partial charge is 0.494 e. The van der Waals surface area contributed by atoms with Gasteiger partial charge in [-0.05, 0) is 43.7 Å². The van der Waals surface area contributed by atoms with Gasteiger partial charge in [-0.15, -0.1) is 0 Å². The number of rotatable bonds is 5. The summed E-state index contributed by atoms with van der Waals surface area (Å²) in [4.78, 5) is 25.5. The number of nitrogens with zero attached hydrogens (tertiary/aromatic N) is 1. The zero-order chi connectivity index (χ0) is 16.4. The second-order valence-electron chi connectivity index (χ2n) is 5.46. The van der Waals surface area contributed by atoms with E-state index in [-0.39, 0.29) is 0 Å². The number of fused-ring (bicyclic) bond motifs is 1. The maximum Gasteiger partial charge on any atom is 0.299 e. The fraction of sp³-hybridized carbons (Fsp3) is 0.222. The SMILES string of the molecule is Cc1ccc(OCCCN2C(=O)C(=O)c3cc(Cl)ccc32)cc1. The smallest absolute Gasteiger partial charge is 0.299 e. The van der Waals surface area contributed by atoms with Crippen LogP contribution in [-0.4, -0.2) is 24.8 Å². The van der Waals surface area contributed by atoms with Gasteiger partial charge in [-0.1, -0.05) is 29.3 Å². The Labute approximate surface area is 139 Å². The molecular weight excluding hydrogens is 314 g/mol. The molecule has 0 unspecified atom stereocenters. The van der Waals surface area contributed by atoms with Crippen LogP contribution in [0.5, 0.6) is 5.75 Å². The fourth-order valence-corrected chi connectivity index (χ4v) is 2.71. The van der Waals surface area contributed by atoms with Gasteiger partial charge in [0.25, 0.3) is 11.7 Å². The van der Waals surface area contributed by atoms with Crippen LogP contribution in [0.4, 0.5) is 5.69 Å². The Hall–Kier alpha value is -2.33. The maximum absolute atomic E-state index is 12.1. The van der Waals surface area contributed by atoms with Gasteiger partial charge in [0.1, 0.15) is 5.75 Å². The zero-order valence-corrected chi connectivity index (χ0v) is 13.5. The highest BCUT2D eigenvalue weighted by atomic mass is 35.5. The second kappa shape index (κ2) is 6.42. The Morgan fingerprint density at radius 2 is 1.83 bits per heavy atom. The van der Waals surface area contributed by atoms with Crippen molar-refractivity contribution in [3.8, 4) is 5.75 Å². The second-order valence-corrected chi connectivity index (χ2v) is 5.90. The summed E-state index contributed by atoms with van der Waals surface area (Å²) >= 11 is 5.89. The van der Waals surface area contributed by atoms with Gasteiger partial charge in [-0.25, -0.2) is 0 Å². The van der Waals surface area contributed by atoms with Crippen LogP contribution < -0.4 is 9.64 Å². The lowest BCUT2D eigenvalue weighted by molar-refractivity contribution is -0.114. The van der Waals surface area contributed by atoms with E-state index < -0.39 is 11.7 Å². The number of carbonyl (C=O) groups is 2. The van der Waals surface area contributed by atoms with Crippen molar-refractivity contribution in [3.63, 3.8) is 0 Å². The number of aryl methyl sites for hydroxylation is 1. The van der Waals surface area contributed by atoms with Crippen LogP contribution in [0.25, 0.3) is 0 Å². The van der Waals surface area contributed by atoms with Gasteiger partial charge in [0.2, 0.25) is 0 Å². The Bertz CT molecular complexity index is 755. The van der Waals surface area contributed by atoms with E-state index in [4.69, 9.17) is 16.3 Å². The molecule has 0 spiro atoms. The number of ether oxygens (including phenoxy) is 1. The number of anilines is 1. The van der Waals surface area contributed by atoms with Crippen molar-refractivity contribution in [1.82, 2.24) is 0 Å². The van der Waals surface area contributed by atoms with Crippen LogP contribution in [0.15, 0.2) is 42.5 Å². The third-order valence-corrected chi connectivity index (χ3v) is 3.98. The number of carbonyl (C=O) groups excluding carboxylic acids is 2. The maximum atomic E-state index is 12.1. The monoisotopic (exact) mass is 329 g/mol. The van der Waals surface area contributed by atoms with Crippen LogP contribution in [0.3, 0.4) is 0 Å². The van der Waals surface area contributed by atoms with E-state index in [0.29, 0.717) is 35.8 Å². The predicted octanol–water partition coefficient (Wildman–Crippen LogP) is 3.65. The fourth-order valence-electron chi connectivity index (χ4n) is 2.54. The lowest BCUT2D eigenvalue weighted by atomic mass is 10.1. The molecule has 2 aromatic carbocycles. The molecule has 4 nitrogen and oxygen atoms in total. The highest BCUT2D eigenvalue weighted by molar-refractivity contribution is 6.52. The average molecular weight is 330 g/mol. The summed E-state index contributed by atoms with van der Waals surface area (Å²) in [6.45, 7) is 2.93. The first-order valence-corrected chi connectivity index (χ1v) is 7.79. The Kier molecular flexibility index (Phi) is 4.35. The van der Waals surface area contributed by atoms with E-state index in [9.17, 15) is 9.59 Å². The summed E-state index contributed by atoms with van der Waals surface area (Å²) in [6.07, 6.45) is 0.634. The molecule has 0 N–H and O–H groups in total. The molecule has 118 valence electrons. The van der Waals surface area contributed by atoms with Gasteiger partial charge < -0.3 is 9.64 Å². The van der Waals surface area contributed by atoms with Gasteiger partial charge in [0.15, 0.2) is 0 Å². The summed E-state index contributed by atoms with van der Waals surface area (Å²) in [5.41, 5.74) is 2.18. The Balaban J connectivity index is 1.59. The third kappa shape index (κ3) is 3.22.